The Bertz CT molecular complexity index is 919. The zero-order valence-corrected chi connectivity index (χ0v) is 25.9. The topological polar surface area (TPSA) is 65.5 Å². The first-order chi connectivity index (χ1) is 16.8. The minimum atomic E-state index is -1.86. The molecule has 1 saturated carbocycles. The molecule has 0 spiro atoms. The first kappa shape index (κ1) is 31.0. The van der Waals surface area contributed by atoms with Gasteiger partial charge in [-0.2, -0.15) is 0 Å². The van der Waals surface area contributed by atoms with Crippen molar-refractivity contribution in [2.45, 2.75) is 102 Å². The maximum absolute atomic E-state index is 12.6. The average molecular weight is 552 g/mol. The third kappa shape index (κ3) is 9.58. The van der Waals surface area contributed by atoms with Crippen molar-refractivity contribution >= 4 is 43.2 Å². The van der Waals surface area contributed by atoms with Crippen LogP contribution in [0.4, 0.5) is 0 Å². The van der Waals surface area contributed by atoms with Crippen LogP contribution in [0.1, 0.15) is 83.6 Å². The van der Waals surface area contributed by atoms with Crippen LogP contribution in [0.2, 0.25) is 18.1 Å². The lowest BCUT2D eigenvalue weighted by Gasteiger charge is -2.39. The normalized spacial score (nSPS) is 19.7. The van der Waals surface area contributed by atoms with Crippen LogP contribution in [0.3, 0.4) is 0 Å². The average Bonchev–Trinajstić information content (AvgIpc) is 3.38. The Morgan fingerprint density at radius 1 is 1.39 bits per heavy atom. The summed E-state index contributed by atoms with van der Waals surface area (Å²) in [6.07, 6.45) is 9.96. The van der Waals surface area contributed by atoms with Gasteiger partial charge in [0.15, 0.2) is 18.4 Å². The fourth-order valence-corrected chi connectivity index (χ4v) is 7.36. The van der Waals surface area contributed by atoms with Crippen molar-refractivity contribution in [3.8, 4) is 0 Å². The van der Waals surface area contributed by atoms with E-state index in [1.54, 1.807) is 24.1 Å². The molecule has 0 aliphatic heterocycles. The molecule has 3 atom stereocenters. The Morgan fingerprint density at radius 2 is 2.11 bits per heavy atom. The number of hydrogen-bond acceptors (Lipinski definition) is 7. The van der Waals surface area contributed by atoms with Crippen LogP contribution in [-0.2, 0) is 14.0 Å². The molecule has 0 N–H and O–H groups in total. The van der Waals surface area contributed by atoms with Gasteiger partial charge in [0.05, 0.1) is 6.61 Å². The summed E-state index contributed by atoms with van der Waals surface area (Å²) >= 11 is 3.07. The highest BCUT2D eigenvalue weighted by Crippen LogP contribution is 2.39. The van der Waals surface area contributed by atoms with E-state index in [2.05, 4.69) is 64.5 Å². The van der Waals surface area contributed by atoms with Crippen LogP contribution >= 0.6 is 23.1 Å². The summed E-state index contributed by atoms with van der Waals surface area (Å²) in [4.78, 5) is 28.8. The quantitative estimate of drug-likeness (QED) is 0.101. The maximum atomic E-state index is 12.6. The zero-order valence-electron chi connectivity index (χ0n) is 23.2. The number of Topliss-reactive ketones (excluding diaryl/α,β-unsaturated/α-hetero) is 1. The Morgan fingerprint density at radius 3 is 2.75 bits per heavy atom. The van der Waals surface area contributed by atoms with Gasteiger partial charge in [-0.1, -0.05) is 50.3 Å². The van der Waals surface area contributed by atoms with Gasteiger partial charge < -0.3 is 9.16 Å². The van der Waals surface area contributed by atoms with Crippen molar-refractivity contribution < 1.29 is 18.8 Å². The molecule has 1 unspecified atom stereocenters. The zero-order chi connectivity index (χ0) is 26.9. The number of hydrogen-bond donors (Lipinski definition) is 0. The minimum Gasteiger partial charge on any atom is -0.461 e. The second-order valence-electron chi connectivity index (χ2n) is 11.3. The van der Waals surface area contributed by atoms with Crippen LogP contribution in [0, 0.1) is 11.8 Å². The number of ether oxygens (including phenoxy) is 1. The summed E-state index contributed by atoms with van der Waals surface area (Å²) in [6, 6.07) is 0. The summed E-state index contributed by atoms with van der Waals surface area (Å²) in [5.74, 6) is 1.16. The van der Waals surface area contributed by atoms with Crippen LogP contribution in [0.15, 0.2) is 34.0 Å². The van der Waals surface area contributed by atoms with Gasteiger partial charge >= 0.3 is 5.97 Å². The molecule has 0 bridgehead atoms. The molecular weight excluding hydrogens is 507 g/mol. The maximum Gasteiger partial charge on any atom is 0.357 e. The summed E-state index contributed by atoms with van der Waals surface area (Å²) in [7, 11) is -1.86. The van der Waals surface area contributed by atoms with Gasteiger partial charge in [-0.3, -0.25) is 4.79 Å². The smallest absolute Gasteiger partial charge is 0.357 e. The van der Waals surface area contributed by atoms with E-state index >= 15 is 0 Å². The van der Waals surface area contributed by atoms with Crippen LogP contribution in [0.5, 0.6) is 0 Å². The molecule has 36 heavy (non-hydrogen) atoms. The summed E-state index contributed by atoms with van der Waals surface area (Å²) < 4.78 is 12.6. The van der Waals surface area contributed by atoms with E-state index < -0.39 is 8.32 Å². The van der Waals surface area contributed by atoms with Gasteiger partial charge in [0.2, 0.25) is 0 Å². The molecule has 5 nitrogen and oxygen atoms in total. The van der Waals surface area contributed by atoms with Gasteiger partial charge in [0.25, 0.3) is 0 Å². The molecule has 1 aromatic rings. The Balaban J connectivity index is 1.93. The van der Waals surface area contributed by atoms with E-state index in [1.165, 1.54) is 16.9 Å². The number of nitrogens with zero attached hydrogens (tertiary/aromatic N) is 1. The number of rotatable bonds is 14. The Hall–Kier alpha value is -1.22. The van der Waals surface area contributed by atoms with E-state index in [0.717, 1.165) is 42.2 Å². The fraction of sp³-hybridized carbons (Fsp3) is 0.679. The van der Waals surface area contributed by atoms with Crippen molar-refractivity contribution in [1.82, 2.24) is 4.98 Å². The number of allylic oxidation sites excluding steroid dienone is 2. The van der Waals surface area contributed by atoms with E-state index in [-0.39, 0.29) is 23.0 Å². The van der Waals surface area contributed by atoms with Crippen LogP contribution in [-0.4, -0.2) is 43.5 Å². The fourth-order valence-electron chi connectivity index (χ4n) is 4.07. The van der Waals surface area contributed by atoms with Crippen LogP contribution in [0.25, 0.3) is 0 Å². The number of carbonyl (C=O) groups excluding carboxylic acids is 2. The van der Waals surface area contributed by atoms with Crippen molar-refractivity contribution in [2.24, 2.45) is 11.8 Å². The van der Waals surface area contributed by atoms with Gasteiger partial charge in [-0.05, 0) is 70.0 Å². The van der Waals surface area contributed by atoms with Gasteiger partial charge in [-0.25, -0.2) is 9.78 Å². The Labute approximate surface area is 227 Å². The van der Waals surface area contributed by atoms with Crippen LogP contribution < -0.4 is 0 Å². The molecule has 1 aromatic heterocycles. The lowest BCUT2D eigenvalue weighted by Crippen LogP contribution is -2.43. The summed E-state index contributed by atoms with van der Waals surface area (Å²) in [6.45, 7) is 19.7. The molecule has 0 amide bonds. The second-order valence-corrected chi connectivity index (χ2v) is 18.2. The van der Waals surface area contributed by atoms with Crippen molar-refractivity contribution in [3.63, 3.8) is 0 Å². The van der Waals surface area contributed by atoms with Gasteiger partial charge in [0.1, 0.15) is 5.78 Å². The molecule has 202 valence electrons. The molecule has 2 rings (SSSR count). The second kappa shape index (κ2) is 14.1. The number of ketones is 1. The van der Waals surface area contributed by atoms with Crippen molar-refractivity contribution in [1.29, 1.82) is 0 Å². The molecular formula is C28H45NO4S2Si. The highest BCUT2D eigenvalue weighted by Gasteiger charge is 2.39. The first-order valence-corrected chi connectivity index (χ1v) is 17.9. The first-order valence-electron chi connectivity index (χ1n) is 13.1. The number of carbonyl (C=O) groups is 2. The number of esters is 1. The van der Waals surface area contributed by atoms with E-state index in [1.807, 2.05) is 0 Å². The molecule has 0 aromatic carbocycles. The molecule has 0 saturated heterocycles. The number of thiazole rings is 1. The SMILES string of the molecule is C=C(C)CCC(C/C=C/[C@@H]1CCC(=O)[C@@H]1CCSc1nc(C(=O)OCC)cs1)O[Si](C)(C)C(C)(C)C. The highest BCUT2D eigenvalue weighted by atomic mass is 32.2. The monoisotopic (exact) mass is 551 g/mol. The lowest BCUT2D eigenvalue weighted by molar-refractivity contribution is -0.121. The summed E-state index contributed by atoms with van der Waals surface area (Å²) in [5, 5.41) is 1.91. The van der Waals surface area contributed by atoms with Crippen molar-refractivity contribution in [2.75, 3.05) is 12.4 Å². The lowest BCUT2D eigenvalue weighted by atomic mass is 9.92. The van der Waals surface area contributed by atoms with Gasteiger partial charge in [-0.15, -0.1) is 17.9 Å². The van der Waals surface area contributed by atoms with E-state index in [4.69, 9.17) is 9.16 Å². The largest absolute Gasteiger partial charge is 0.461 e. The predicted molar refractivity (Wildman–Crippen MR) is 155 cm³/mol. The summed E-state index contributed by atoms with van der Waals surface area (Å²) in [5.41, 5.74) is 1.56. The molecule has 1 fully saturated rings. The third-order valence-corrected chi connectivity index (χ3v) is 13.8. The van der Waals surface area contributed by atoms with E-state index in [9.17, 15) is 9.59 Å². The van der Waals surface area contributed by atoms with Gasteiger partial charge in [0, 0.05) is 29.6 Å². The minimum absolute atomic E-state index is 0.0634. The molecule has 1 heterocycles. The third-order valence-electron chi connectivity index (χ3n) is 7.22. The van der Waals surface area contributed by atoms with Crippen molar-refractivity contribution in [3.05, 3.63) is 35.4 Å². The molecule has 1 aliphatic carbocycles. The highest BCUT2D eigenvalue weighted by molar-refractivity contribution is 8.01. The standard InChI is InChI=1S/C28H45NO4S2Si/c1-9-32-26(31)24-19-35-27(29-24)34-18-17-23-21(14-16-25(23)30)11-10-12-22(15-13-20(2)3)33-36(7,8)28(4,5)6/h10-11,19,21-23H,2,9,12-18H2,1,3-8H3/b11-10+/t21-,22?,23-/m1/s1. The molecule has 1 aliphatic rings. The number of thioether (sulfide) groups is 1. The predicted octanol–water partition coefficient (Wildman–Crippen LogP) is 8.09. The van der Waals surface area contributed by atoms with E-state index in [0.29, 0.717) is 30.4 Å². The number of aromatic nitrogens is 1. The molecule has 0 radical (unpaired) electrons. The molecule has 8 heteroatoms. The Kier molecular flexibility index (Phi) is 12.1.